The Labute approximate surface area is 122 Å². The number of carbonyl (C=O) groups is 1. The highest BCUT2D eigenvalue weighted by molar-refractivity contribution is 5.95. The molecule has 4 nitrogen and oxygen atoms in total. The molecule has 5 heteroatoms. The van der Waals surface area contributed by atoms with Crippen molar-refractivity contribution in [1.82, 2.24) is 4.98 Å². The lowest BCUT2D eigenvalue weighted by Gasteiger charge is -2.12. The number of aromatic carboxylic acids is 1. The first-order chi connectivity index (χ1) is 9.97. The van der Waals surface area contributed by atoms with Gasteiger partial charge in [0, 0.05) is 12.2 Å². The second-order valence-electron chi connectivity index (χ2n) is 4.88. The van der Waals surface area contributed by atoms with E-state index in [4.69, 9.17) is 0 Å². The fourth-order valence-corrected chi connectivity index (χ4v) is 2.27. The first-order valence-corrected chi connectivity index (χ1v) is 6.67. The summed E-state index contributed by atoms with van der Waals surface area (Å²) in [6, 6.07) is 8.08. The molecule has 2 rings (SSSR count). The quantitative estimate of drug-likeness (QED) is 0.887. The molecule has 0 aliphatic rings. The highest BCUT2D eigenvalue weighted by Crippen LogP contribution is 2.19. The predicted octanol–water partition coefficient (Wildman–Crippen LogP) is 3.19. The summed E-state index contributed by atoms with van der Waals surface area (Å²) in [5.41, 5.74) is 2.83. The summed E-state index contributed by atoms with van der Waals surface area (Å²) in [7, 11) is 0. The Kier molecular flexibility index (Phi) is 4.52. The van der Waals surface area contributed by atoms with Crippen LogP contribution in [0.1, 0.15) is 27.3 Å². The van der Waals surface area contributed by atoms with Crippen LogP contribution in [0, 0.1) is 19.7 Å². The van der Waals surface area contributed by atoms with Gasteiger partial charge in [-0.3, -0.25) is 4.98 Å². The van der Waals surface area contributed by atoms with E-state index in [1.165, 1.54) is 12.1 Å². The lowest BCUT2D eigenvalue weighted by Crippen LogP contribution is -2.12. The molecule has 0 radical (unpaired) electrons. The van der Waals surface area contributed by atoms with Crippen LogP contribution in [0.5, 0.6) is 0 Å². The molecule has 1 aromatic carbocycles. The summed E-state index contributed by atoms with van der Waals surface area (Å²) in [5.74, 6) is -1.28. The summed E-state index contributed by atoms with van der Waals surface area (Å²) < 4.78 is 13.1. The minimum Gasteiger partial charge on any atom is -0.478 e. The smallest absolute Gasteiger partial charge is 0.339 e. The van der Waals surface area contributed by atoms with Gasteiger partial charge in [-0.2, -0.15) is 0 Å². The van der Waals surface area contributed by atoms with Gasteiger partial charge in [-0.25, -0.2) is 9.18 Å². The average molecular weight is 288 g/mol. The number of rotatable bonds is 5. The van der Waals surface area contributed by atoms with Crippen molar-refractivity contribution in [2.75, 3.05) is 11.9 Å². The van der Waals surface area contributed by atoms with Gasteiger partial charge in [0.05, 0.1) is 11.4 Å². The normalized spacial score (nSPS) is 10.4. The minimum absolute atomic E-state index is 0.180. The first kappa shape index (κ1) is 15.0. The molecule has 0 unspecified atom stereocenters. The van der Waals surface area contributed by atoms with Crippen LogP contribution < -0.4 is 5.32 Å². The molecule has 0 saturated heterocycles. The van der Waals surface area contributed by atoms with Crippen molar-refractivity contribution in [2.24, 2.45) is 0 Å². The van der Waals surface area contributed by atoms with Crippen molar-refractivity contribution >= 4 is 11.7 Å². The van der Waals surface area contributed by atoms with E-state index in [1.807, 2.05) is 13.0 Å². The number of carboxylic acids is 1. The van der Waals surface area contributed by atoms with E-state index >= 15 is 0 Å². The number of carboxylic acid groups (broad SMARTS) is 1. The van der Waals surface area contributed by atoms with Gasteiger partial charge in [-0.05, 0) is 44.0 Å². The van der Waals surface area contributed by atoms with Crippen LogP contribution in [-0.2, 0) is 6.42 Å². The van der Waals surface area contributed by atoms with Crippen molar-refractivity contribution in [3.63, 3.8) is 0 Å². The van der Waals surface area contributed by atoms with Gasteiger partial charge >= 0.3 is 5.97 Å². The first-order valence-electron chi connectivity index (χ1n) is 6.67. The molecule has 2 aromatic rings. The van der Waals surface area contributed by atoms with E-state index in [0.717, 1.165) is 11.3 Å². The van der Waals surface area contributed by atoms with Crippen LogP contribution in [0.4, 0.5) is 10.1 Å². The van der Waals surface area contributed by atoms with E-state index in [-0.39, 0.29) is 11.4 Å². The number of hydrogen-bond acceptors (Lipinski definition) is 3. The molecular formula is C16H17FN2O2. The molecule has 0 fully saturated rings. The van der Waals surface area contributed by atoms with Crippen molar-refractivity contribution in [2.45, 2.75) is 20.3 Å². The zero-order chi connectivity index (χ0) is 15.4. The monoisotopic (exact) mass is 288 g/mol. The number of aromatic nitrogens is 1. The number of hydrogen-bond donors (Lipinski definition) is 2. The number of nitrogens with zero attached hydrogens (tertiary/aromatic N) is 1. The molecule has 21 heavy (non-hydrogen) atoms. The lowest BCUT2D eigenvalue weighted by molar-refractivity contribution is 0.0696. The zero-order valence-corrected chi connectivity index (χ0v) is 12.0. The molecule has 1 aromatic heterocycles. The van der Waals surface area contributed by atoms with E-state index in [0.29, 0.717) is 24.3 Å². The summed E-state index contributed by atoms with van der Waals surface area (Å²) in [4.78, 5) is 15.5. The second kappa shape index (κ2) is 6.35. The molecule has 0 atom stereocenters. The van der Waals surface area contributed by atoms with Crippen molar-refractivity contribution < 1.29 is 14.3 Å². The summed E-state index contributed by atoms with van der Waals surface area (Å²) >= 11 is 0. The molecule has 110 valence electrons. The van der Waals surface area contributed by atoms with Crippen LogP contribution in [-0.4, -0.2) is 22.6 Å². The summed E-state index contributed by atoms with van der Waals surface area (Å²) in [5, 5.41) is 12.4. The van der Waals surface area contributed by atoms with Crippen LogP contribution in [0.2, 0.25) is 0 Å². The fraction of sp³-hybridized carbons (Fsp3) is 0.250. The topological polar surface area (TPSA) is 62.2 Å². The van der Waals surface area contributed by atoms with Gasteiger partial charge in [0.2, 0.25) is 0 Å². The Morgan fingerprint density at radius 1 is 1.33 bits per heavy atom. The van der Waals surface area contributed by atoms with E-state index in [2.05, 4.69) is 10.3 Å². The molecule has 0 bridgehead atoms. The highest BCUT2D eigenvalue weighted by atomic mass is 19.1. The Hall–Kier alpha value is -2.43. The molecule has 0 aliphatic carbocycles. The Bertz CT molecular complexity index is 671. The molecule has 2 N–H and O–H groups in total. The van der Waals surface area contributed by atoms with Crippen molar-refractivity contribution in [3.05, 3.63) is 58.7 Å². The molecule has 0 aliphatic heterocycles. The maximum atomic E-state index is 13.1. The molecule has 0 spiro atoms. The summed E-state index contributed by atoms with van der Waals surface area (Å²) in [6.45, 7) is 4.01. The van der Waals surface area contributed by atoms with Gasteiger partial charge in [0.15, 0.2) is 0 Å². The number of anilines is 1. The third-order valence-corrected chi connectivity index (χ3v) is 3.16. The number of benzene rings is 1. The maximum Gasteiger partial charge on any atom is 0.339 e. The number of pyridine rings is 1. The minimum atomic E-state index is -1.01. The van der Waals surface area contributed by atoms with Crippen LogP contribution in [0.15, 0.2) is 30.3 Å². The van der Waals surface area contributed by atoms with Gasteiger partial charge in [0.1, 0.15) is 11.4 Å². The zero-order valence-electron chi connectivity index (χ0n) is 12.0. The average Bonchev–Trinajstić information content (AvgIpc) is 2.37. The predicted molar refractivity (Wildman–Crippen MR) is 79.3 cm³/mol. The van der Waals surface area contributed by atoms with Gasteiger partial charge < -0.3 is 10.4 Å². The molecule has 0 amide bonds. The third-order valence-electron chi connectivity index (χ3n) is 3.16. The third kappa shape index (κ3) is 3.78. The van der Waals surface area contributed by atoms with Gasteiger partial charge in [-0.1, -0.05) is 12.1 Å². The van der Waals surface area contributed by atoms with E-state index < -0.39 is 5.97 Å². The van der Waals surface area contributed by atoms with E-state index in [1.54, 1.807) is 19.1 Å². The van der Waals surface area contributed by atoms with Gasteiger partial charge in [-0.15, -0.1) is 0 Å². The van der Waals surface area contributed by atoms with Crippen molar-refractivity contribution in [1.29, 1.82) is 0 Å². The Morgan fingerprint density at radius 2 is 2.10 bits per heavy atom. The Balaban J connectivity index is 2.11. The van der Waals surface area contributed by atoms with E-state index in [9.17, 15) is 14.3 Å². The summed E-state index contributed by atoms with van der Waals surface area (Å²) in [6.07, 6.45) is 0.608. The largest absolute Gasteiger partial charge is 0.478 e. The van der Waals surface area contributed by atoms with Crippen LogP contribution in [0.25, 0.3) is 0 Å². The number of aryl methyl sites for hydroxylation is 2. The maximum absolute atomic E-state index is 13.1. The lowest BCUT2D eigenvalue weighted by atomic mass is 10.1. The molecule has 0 saturated carbocycles. The second-order valence-corrected chi connectivity index (χ2v) is 4.88. The SMILES string of the molecule is Cc1cc(NCCc2cccc(F)c2)c(C(=O)O)c(C)n1. The molecular weight excluding hydrogens is 271 g/mol. The van der Waals surface area contributed by atoms with Gasteiger partial charge in [0.25, 0.3) is 0 Å². The molecule has 1 heterocycles. The fourth-order valence-electron chi connectivity index (χ4n) is 2.27. The Morgan fingerprint density at radius 3 is 2.76 bits per heavy atom. The highest BCUT2D eigenvalue weighted by Gasteiger charge is 2.15. The van der Waals surface area contributed by atoms with Crippen molar-refractivity contribution in [3.8, 4) is 0 Å². The number of nitrogens with one attached hydrogen (secondary N) is 1. The van der Waals surface area contributed by atoms with Crippen LogP contribution >= 0.6 is 0 Å². The van der Waals surface area contributed by atoms with Crippen LogP contribution in [0.3, 0.4) is 0 Å². The standard InChI is InChI=1S/C16H17FN2O2/c1-10-8-14(15(16(20)21)11(2)19-10)18-7-6-12-4-3-5-13(17)9-12/h3-5,8-9H,6-7H2,1-2H3,(H,18,19)(H,20,21). The number of halogens is 1.